The molecular weight excluding hydrogens is 276 g/mol. The van der Waals surface area contributed by atoms with Crippen LogP contribution in [0.15, 0.2) is 6.07 Å². The lowest BCUT2D eigenvalue weighted by Crippen LogP contribution is -2.45. The third-order valence-corrected chi connectivity index (χ3v) is 4.18. The lowest BCUT2D eigenvalue weighted by Gasteiger charge is -2.37. The standard InChI is InChI=1S/C17H30N4O/c1-17(2,3)16-18-13(12-22-6)10-15(19-16)21-9-7-8-14(11-21)20(4)5/h10,14H,7-9,11-12H2,1-6H3. The topological polar surface area (TPSA) is 41.5 Å². The number of nitrogens with zero attached hydrogens (tertiary/aromatic N) is 4. The molecule has 5 heteroatoms. The summed E-state index contributed by atoms with van der Waals surface area (Å²) in [5.41, 5.74) is 0.902. The van der Waals surface area contributed by atoms with Crippen molar-refractivity contribution in [3.63, 3.8) is 0 Å². The van der Waals surface area contributed by atoms with Gasteiger partial charge in [-0.15, -0.1) is 0 Å². The van der Waals surface area contributed by atoms with Gasteiger partial charge in [-0.3, -0.25) is 0 Å². The zero-order valence-corrected chi connectivity index (χ0v) is 14.9. The minimum atomic E-state index is -0.0603. The molecule has 2 heterocycles. The molecule has 0 spiro atoms. The summed E-state index contributed by atoms with van der Waals surface area (Å²) in [7, 11) is 6.03. The number of ether oxygens (including phenoxy) is 1. The molecule has 1 saturated heterocycles. The highest BCUT2D eigenvalue weighted by atomic mass is 16.5. The maximum Gasteiger partial charge on any atom is 0.136 e. The number of hydrogen-bond acceptors (Lipinski definition) is 5. The van der Waals surface area contributed by atoms with Crippen LogP contribution in [0.2, 0.25) is 0 Å². The predicted octanol–water partition coefficient (Wildman–Crippen LogP) is 2.45. The molecule has 0 radical (unpaired) electrons. The summed E-state index contributed by atoms with van der Waals surface area (Å²) in [6.45, 7) is 9.09. The van der Waals surface area contributed by atoms with E-state index in [1.165, 1.54) is 12.8 Å². The summed E-state index contributed by atoms with van der Waals surface area (Å²) in [5.74, 6) is 1.93. The highest BCUT2D eigenvalue weighted by molar-refractivity contribution is 5.41. The van der Waals surface area contributed by atoms with Crippen LogP contribution in [0.25, 0.3) is 0 Å². The lowest BCUT2D eigenvalue weighted by molar-refractivity contribution is 0.181. The van der Waals surface area contributed by atoms with Gasteiger partial charge in [-0.2, -0.15) is 0 Å². The van der Waals surface area contributed by atoms with Gasteiger partial charge in [0.2, 0.25) is 0 Å². The number of hydrogen-bond donors (Lipinski definition) is 0. The van der Waals surface area contributed by atoms with Gasteiger partial charge in [0, 0.05) is 37.7 Å². The minimum Gasteiger partial charge on any atom is -0.378 e. The van der Waals surface area contributed by atoms with Crippen molar-refractivity contribution in [2.24, 2.45) is 0 Å². The molecule has 124 valence electrons. The molecule has 1 unspecified atom stereocenters. The van der Waals surface area contributed by atoms with Crippen LogP contribution in [0.1, 0.15) is 45.1 Å². The number of rotatable bonds is 4. The third-order valence-electron chi connectivity index (χ3n) is 4.18. The van der Waals surface area contributed by atoms with Crippen LogP contribution in [-0.2, 0) is 16.8 Å². The van der Waals surface area contributed by atoms with E-state index in [-0.39, 0.29) is 5.41 Å². The van der Waals surface area contributed by atoms with E-state index in [0.29, 0.717) is 12.6 Å². The van der Waals surface area contributed by atoms with Gasteiger partial charge in [-0.25, -0.2) is 9.97 Å². The number of anilines is 1. The van der Waals surface area contributed by atoms with E-state index in [0.717, 1.165) is 30.4 Å². The van der Waals surface area contributed by atoms with Crippen LogP contribution in [0.4, 0.5) is 5.82 Å². The molecule has 1 aliphatic heterocycles. The fourth-order valence-electron chi connectivity index (χ4n) is 2.79. The molecule has 1 aliphatic rings. The lowest BCUT2D eigenvalue weighted by atomic mass is 9.95. The van der Waals surface area contributed by atoms with Gasteiger partial charge in [-0.1, -0.05) is 20.8 Å². The first-order chi connectivity index (χ1) is 10.3. The molecule has 0 aliphatic carbocycles. The molecule has 0 bridgehead atoms. The average molecular weight is 306 g/mol. The molecule has 0 N–H and O–H groups in total. The first-order valence-electron chi connectivity index (χ1n) is 8.10. The van der Waals surface area contributed by atoms with Crippen molar-refractivity contribution in [1.82, 2.24) is 14.9 Å². The fraction of sp³-hybridized carbons (Fsp3) is 0.765. The summed E-state index contributed by atoms with van der Waals surface area (Å²) in [5, 5.41) is 0. The highest BCUT2D eigenvalue weighted by Gasteiger charge is 2.25. The molecule has 2 rings (SSSR count). The average Bonchev–Trinajstić information content (AvgIpc) is 2.46. The maximum atomic E-state index is 5.28. The van der Waals surface area contributed by atoms with Crippen LogP contribution in [0.5, 0.6) is 0 Å². The predicted molar refractivity (Wildman–Crippen MR) is 90.4 cm³/mol. The minimum absolute atomic E-state index is 0.0603. The van der Waals surface area contributed by atoms with Crippen LogP contribution in [0, 0.1) is 0 Å². The van der Waals surface area contributed by atoms with E-state index >= 15 is 0 Å². The first kappa shape index (κ1) is 17.2. The zero-order valence-electron chi connectivity index (χ0n) is 14.9. The summed E-state index contributed by atoms with van der Waals surface area (Å²) in [6, 6.07) is 2.67. The van der Waals surface area contributed by atoms with Crippen molar-refractivity contribution in [1.29, 1.82) is 0 Å². The van der Waals surface area contributed by atoms with Gasteiger partial charge in [-0.05, 0) is 26.9 Å². The molecule has 5 nitrogen and oxygen atoms in total. The van der Waals surface area contributed by atoms with E-state index in [1.807, 2.05) is 0 Å². The van der Waals surface area contributed by atoms with Gasteiger partial charge in [0.15, 0.2) is 0 Å². The van der Waals surface area contributed by atoms with Gasteiger partial charge in [0.05, 0.1) is 12.3 Å². The van der Waals surface area contributed by atoms with Gasteiger partial charge >= 0.3 is 0 Å². The summed E-state index contributed by atoms with van der Waals surface area (Å²) in [6.07, 6.45) is 2.46. The van der Waals surface area contributed by atoms with Crippen LogP contribution >= 0.6 is 0 Å². The molecule has 1 aromatic heterocycles. The van der Waals surface area contributed by atoms with E-state index in [4.69, 9.17) is 9.72 Å². The summed E-state index contributed by atoms with van der Waals surface area (Å²) in [4.78, 5) is 14.2. The maximum absolute atomic E-state index is 5.28. The molecular formula is C17H30N4O. The van der Waals surface area contributed by atoms with Crippen molar-refractivity contribution in [3.8, 4) is 0 Å². The molecule has 0 saturated carbocycles. The second-order valence-electron chi connectivity index (χ2n) is 7.43. The van der Waals surface area contributed by atoms with Crippen LogP contribution in [-0.4, -0.2) is 55.2 Å². The van der Waals surface area contributed by atoms with Gasteiger partial charge in [0.25, 0.3) is 0 Å². The monoisotopic (exact) mass is 306 g/mol. The second kappa shape index (κ2) is 6.92. The molecule has 0 aromatic carbocycles. The Morgan fingerprint density at radius 2 is 2.05 bits per heavy atom. The van der Waals surface area contributed by atoms with E-state index < -0.39 is 0 Å². The van der Waals surface area contributed by atoms with Crippen LogP contribution in [0.3, 0.4) is 0 Å². The Hall–Kier alpha value is -1.20. The Kier molecular flexibility index (Phi) is 5.40. The normalized spacial score (nSPS) is 19.8. The SMILES string of the molecule is COCc1cc(N2CCCC(N(C)C)C2)nc(C(C)(C)C)n1. The van der Waals surface area contributed by atoms with E-state index in [2.05, 4.69) is 55.7 Å². The molecule has 0 amide bonds. The van der Waals surface area contributed by atoms with Crippen molar-refractivity contribution in [2.75, 3.05) is 39.2 Å². The first-order valence-corrected chi connectivity index (χ1v) is 8.10. The van der Waals surface area contributed by atoms with E-state index in [1.54, 1.807) is 7.11 Å². The largest absolute Gasteiger partial charge is 0.378 e. The molecule has 22 heavy (non-hydrogen) atoms. The van der Waals surface area contributed by atoms with Crippen molar-refractivity contribution in [2.45, 2.75) is 51.7 Å². The van der Waals surface area contributed by atoms with Crippen molar-refractivity contribution < 1.29 is 4.74 Å². The Bertz CT molecular complexity index is 496. The number of likely N-dealkylation sites (N-methyl/N-ethyl adjacent to an activating group) is 1. The molecule has 1 fully saturated rings. The third kappa shape index (κ3) is 4.17. The Labute approximate surface area is 134 Å². The van der Waals surface area contributed by atoms with Crippen LogP contribution < -0.4 is 4.90 Å². The summed E-state index contributed by atoms with van der Waals surface area (Å²) >= 11 is 0. The molecule has 1 aromatic rings. The van der Waals surface area contributed by atoms with Crippen molar-refractivity contribution >= 4 is 5.82 Å². The highest BCUT2D eigenvalue weighted by Crippen LogP contribution is 2.25. The Balaban J connectivity index is 2.30. The van der Waals surface area contributed by atoms with Crippen molar-refractivity contribution in [3.05, 3.63) is 17.6 Å². The number of aromatic nitrogens is 2. The van der Waals surface area contributed by atoms with Gasteiger partial charge in [0.1, 0.15) is 11.6 Å². The Morgan fingerprint density at radius 1 is 1.32 bits per heavy atom. The number of methoxy groups -OCH3 is 1. The quantitative estimate of drug-likeness (QED) is 0.854. The van der Waals surface area contributed by atoms with E-state index in [9.17, 15) is 0 Å². The van der Waals surface area contributed by atoms with Gasteiger partial charge < -0.3 is 14.5 Å². The zero-order chi connectivity index (χ0) is 16.3. The smallest absolute Gasteiger partial charge is 0.136 e. The molecule has 1 atom stereocenters. The number of piperidine rings is 1. The Morgan fingerprint density at radius 3 is 2.64 bits per heavy atom. The fourth-order valence-corrected chi connectivity index (χ4v) is 2.79. The second-order valence-corrected chi connectivity index (χ2v) is 7.43. The summed E-state index contributed by atoms with van der Waals surface area (Å²) < 4.78 is 5.28.